The molecule has 5 nitrogen and oxygen atoms in total. The average molecular weight is 445 g/mol. The van der Waals surface area contributed by atoms with Gasteiger partial charge in [-0.25, -0.2) is 9.79 Å². The van der Waals surface area contributed by atoms with Gasteiger partial charge in [-0.3, -0.25) is 0 Å². The number of ether oxygens (including phenoxy) is 1. The molecule has 0 bridgehead atoms. The van der Waals surface area contributed by atoms with E-state index in [0.29, 0.717) is 12.1 Å². The van der Waals surface area contributed by atoms with Crippen LogP contribution < -0.4 is 5.32 Å². The fourth-order valence-electron chi connectivity index (χ4n) is 2.08. The van der Waals surface area contributed by atoms with Gasteiger partial charge in [0.25, 0.3) is 0 Å². The predicted octanol–water partition coefficient (Wildman–Crippen LogP) is 3.45. The number of halogens is 1. The van der Waals surface area contributed by atoms with Crippen molar-refractivity contribution in [2.75, 3.05) is 27.2 Å². The molecule has 0 saturated carbocycles. The molecule has 0 amide bonds. The average Bonchev–Trinajstić information content (AvgIpc) is 2.58. The number of benzene rings is 1. The predicted molar refractivity (Wildman–Crippen MR) is 110 cm³/mol. The van der Waals surface area contributed by atoms with Crippen LogP contribution in [0.5, 0.6) is 0 Å². The number of rotatable bonds is 8. The van der Waals surface area contributed by atoms with Crippen LogP contribution in [0.3, 0.4) is 0 Å². The fraction of sp³-hybridized carbons (Fsp3) is 0.444. The van der Waals surface area contributed by atoms with Crippen LogP contribution >= 0.6 is 24.0 Å². The molecule has 0 aromatic heterocycles. The molecular weight excluding hydrogens is 417 g/mol. The summed E-state index contributed by atoms with van der Waals surface area (Å²) in [5, 5.41) is 3.29. The van der Waals surface area contributed by atoms with Crippen LogP contribution in [0.4, 0.5) is 0 Å². The standard InChI is InChI=1S/C18H27N3O2.HI/c1-5-7-8-13-21(3)18(19-6-2)20-14-15-9-11-16(12-10-15)17(22)23-4;/h5,9-12H,1,6-8,13-14H2,2-4H3,(H,19,20);1H. The highest BCUT2D eigenvalue weighted by molar-refractivity contribution is 14.0. The summed E-state index contributed by atoms with van der Waals surface area (Å²) in [5.74, 6) is 0.559. The topological polar surface area (TPSA) is 53.9 Å². The van der Waals surface area contributed by atoms with E-state index in [4.69, 9.17) is 4.74 Å². The molecule has 0 radical (unpaired) electrons. The third-order valence-corrected chi connectivity index (χ3v) is 3.38. The number of methoxy groups -OCH3 is 1. The second kappa shape index (κ2) is 12.8. The highest BCUT2D eigenvalue weighted by atomic mass is 127. The normalized spacial score (nSPS) is 10.5. The number of esters is 1. The third-order valence-electron chi connectivity index (χ3n) is 3.38. The molecule has 0 aliphatic carbocycles. The second-order valence-electron chi connectivity index (χ2n) is 5.21. The van der Waals surface area contributed by atoms with Crippen LogP contribution in [-0.2, 0) is 11.3 Å². The first kappa shape index (κ1) is 22.4. The monoisotopic (exact) mass is 445 g/mol. The Morgan fingerprint density at radius 3 is 2.58 bits per heavy atom. The molecule has 0 unspecified atom stereocenters. The van der Waals surface area contributed by atoms with E-state index >= 15 is 0 Å². The van der Waals surface area contributed by atoms with Gasteiger partial charge in [-0.05, 0) is 37.5 Å². The third kappa shape index (κ3) is 7.81. The van der Waals surface area contributed by atoms with Gasteiger partial charge in [-0.2, -0.15) is 0 Å². The van der Waals surface area contributed by atoms with Gasteiger partial charge in [0.15, 0.2) is 5.96 Å². The van der Waals surface area contributed by atoms with Crippen molar-refractivity contribution in [3.8, 4) is 0 Å². The van der Waals surface area contributed by atoms with Crippen LogP contribution in [0.15, 0.2) is 41.9 Å². The number of allylic oxidation sites excluding steroid dienone is 1. The Morgan fingerprint density at radius 2 is 2.04 bits per heavy atom. The van der Waals surface area contributed by atoms with E-state index < -0.39 is 0 Å². The maximum absolute atomic E-state index is 11.4. The first-order chi connectivity index (χ1) is 11.1. The molecule has 24 heavy (non-hydrogen) atoms. The van der Waals surface area contributed by atoms with Crippen molar-refractivity contribution in [1.82, 2.24) is 10.2 Å². The Balaban J connectivity index is 0.00000529. The van der Waals surface area contributed by atoms with Crippen molar-refractivity contribution in [1.29, 1.82) is 0 Å². The van der Waals surface area contributed by atoms with Crippen LogP contribution in [-0.4, -0.2) is 44.1 Å². The Kier molecular flexibility index (Phi) is 12.0. The van der Waals surface area contributed by atoms with Gasteiger partial charge in [0.1, 0.15) is 0 Å². The number of hydrogen-bond donors (Lipinski definition) is 1. The van der Waals surface area contributed by atoms with E-state index in [-0.39, 0.29) is 29.9 Å². The Bertz CT molecular complexity index is 530. The molecule has 0 fully saturated rings. The molecule has 0 saturated heterocycles. The molecular formula is C18H28IN3O2. The Hall–Kier alpha value is -1.57. The lowest BCUT2D eigenvalue weighted by Crippen LogP contribution is -2.39. The molecule has 1 aromatic carbocycles. The van der Waals surface area contributed by atoms with Crippen molar-refractivity contribution in [2.24, 2.45) is 4.99 Å². The molecule has 0 aliphatic rings. The summed E-state index contributed by atoms with van der Waals surface area (Å²) in [5.41, 5.74) is 1.60. The Labute approximate surface area is 162 Å². The minimum Gasteiger partial charge on any atom is -0.465 e. The van der Waals surface area contributed by atoms with E-state index in [1.54, 1.807) is 12.1 Å². The van der Waals surface area contributed by atoms with E-state index in [2.05, 4.69) is 28.7 Å². The Morgan fingerprint density at radius 1 is 1.38 bits per heavy atom. The van der Waals surface area contributed by atoms with E-state index in [0.717, 1.165) is 37.5 Å². The summed E-state index contributed by atoms with van der Waals surface area (Å²) < 4.78 is 4.69. The molecule has 0 aliphatic heterocycles. The summed E-state index contributed by atoms with van der Waals surface area (Å²) in [6, 6.07) is 7.32. The zero-order valence-electron chi connectivity index (χ0n) is 14.7. The molecule has 0 spiro atoms. The molecule has 1 rings (SSSR count). The fourth-order valence-corrected chi connectivity index (χ4v) is 2.08. The number of aliphatic imine (C=N–C) groups is 1. The highest BCUT2D eigenvalue weighted by Gasteiger charge is 2.06. The number of hydrogen-bond acceptors (Lipinski definition) is 3. The van der Waals surface area contributed by atoms with Gasteiger partial charge >= 0.3 is 5.97 Å². The lowest BCUT2D eigenvalue weighted by molar-refractivity contribution is 0.0600. The maximum atomic E-state index is 11.4. The minimum absolute atomic E-state index is 0. The lowest BCUT2D eigenvalue weighted by atomic mass is 10.1. The lowest BCUT2D eigenvalue weighted by Gasteiger charge is -2.21. The zero-order valence-corrected chi connectivity index (χ0v) is 17.1. The summed E-state index contributed by atoms with van der Waals surface area (Å²) >= 11 is 0. The summed E-state index contributed by atoms with van der Waals surface area (Å²) in [7, 11) is 3.41. The molecule has 1 N–H and O–H groups in total. The number of guanidine groups is 1. The van der Waals surface area contributed by atoms with E-state index in [1.165, 1.54) is 7.11 Å². The largest absolute Gasteiger partial charge is 0.465 e. The second-order valence-corrected chi connectivity index (χ2v) is 5.21. The summed E-state index contributed by atoms with van der Waals surface area (Å²) in [4.78, 5) is 18.2. The number of carbonyl (C=O) groups excluding carboxylic acids is 1. The van der Waals surface area contributed by atoms with Crippen molar-refractivity contribution < 1.29 is 9.53 Å². The first-order valence-electron chi connectivity index (χ1n) is 7.90. The number of unbranched alkanes of at least 4 members (excludes halogenated alkanes) is 1. The quantitative estimate of drug-likeness (QED) is 0.166. The van der Waals surface area contributed by atoms with Gasteiger partial charge in [0, 0.05) is 20.1 Å². The highest BCUT2D eigenvalue weighted by Crippen LogP contribution is 2.07. The van der Waals surface area contributed by atoms with Crippen molar-refractivity contribution >= 4 is 35.9 Å². The van der Waals surface area contributed by atoms with E-state index in [9.17, 15) is 4.79 Å². The SMILES string of the molecule is C=CCCCN(C)C(=NCc1ccc(C(=O)OC)cc1)NCC.I. The molecule has 0 atom stereocenters. The van der Waals surface area contributed by atoms with Gasteiger partial charge in [0.05, 0.1) is 19.2 Å². The zero-order chi connectivity index (χ0) is 17.1. The first-order valence-corrected chi connectivity index (χ1v) is 7.90. The van der Waals surface area contributed by atoms with Gasteiger partial charge in [-0.1, -0.05) is 18.2 Å². The molecule has 6 heteroatoms. The maximum Gasteiger partial charge on any atom is 0.337 e. The van der Waals surface area contributed by atoms with Crippen molar-refractivity contribution in [3.05, 3.63) is 48.0 Å². The number of nitrogens with one attached hydrogen (secondary N) is 1. The number of carbonyl (C=O) groups is 1. The molecule has 0 heterocycles. The minimum atomic E-state index is -0.324. The van der Waals surface area contributed by atoms with Crippen LogP contribution in [0.1, 0.15) is 35.7 Å². The van der Waals surface area contributed by atoms with Crippen LogP contribution in [0, 0.1) is 0 Å². The van der Waals surface area contributed by atoms with Crippen molar-refractivity contribution in [2.45, 2.75) is 26.3 Å². The van der Waals surface area contributed by atoms with Gasteiger partial charge < -0.3 is 15.0 Å². The van der Waals surface area contributed by atoms with E-state index in [1.807, 2.05) is 25.3 Å². The van der Waals surface area contributed by atoms with Crippen molar-refractivity contribution in [3.63, 3.8) is 0 Å². The van der Waals surface area contributed by atoms with Crippen LogP contribution in [0.2, 0.25) is 0 Å². The molecule has 1 aromatic rings. The number of nitrogens with zero attached hydrogens (tertiary/aromatic N) is 2. The summed E-state index contributed by atoms with van der Waals surface area (Å²) in [6.45, 7) is 8.12. The van der Waals surface area contributed by atoms with Gasteiger partial charge in [-0.15, -0.1) is 30.6 Å². The molecule has 134 valence electrons. The summed E-state index contributed by atoms with van der Waals surface area (Å²) in [6.07, 6.45) is 3.98. The van der Waals surface area contributed by atoms with Gasteiger partial charge in [0.2, 0.25) is 0 Å². The van der Waals surface area contributed by atoms with Crippen LogP contribution in [0.25, 0.3) is 0 Å². The smallest absolute Gasteiger partial charge is 0.337 e.